The predicted molar refractivity (Wildman–Crippen MR) is 198 cm³/mol. The number of methoxy groups -OCH3 is 1. The number of carbonyl (C=O) groups excluding carboxylic acids is 3. The molecule has 20 heteroatoms. The van der Waals surface area contributed by atoms with Crippen LogP contribution in [0.15, 0.2) is 18.7 Å². The van der Waals surface area contributed by atoms with E-state index in [1.165, 1.54) is 18.1 Å². The fourth-order valence-electron chi connectivity index (χ4n) is 7.99. The molecule has 16 nitrogen and oxygen atoms in total. The Morgan fingerprint density at radius 3 is 2.49 bits per heavy atom. The van der Waals surface area contributed by atoms with Crippen molar-refractivity contribution in [2.24, 2.45) is 0 Å². The lowest BCUT2D eigenvalue weighted by atomic mass is 9.70. The zero-order valence-electron chi connectivity index (χ0n) is 29.6. The molecule has 1 unspecified atom stereocenters. The summed E-state index contributed by atoms with van der Waals surface area (Å²) in [5.41, 5.74) is 1.61. The molecule has 296 valence electrons. The number of amides is 2. The van der Waals surface area contributed by atoms with E-state index in [1.54, 1.807) is 24.8 Å². The highest BCUT2D eigenvalue weighted by Crippen LogP contribution is 2.61. The summed E-state index contributed by atoms with van der Waals surface area (Å²) in [5, 5.41) is 49.4. The normalized spacial score (nSPS) is 23.9. The number of piperazine rings is 1. The highest BCUT2D eigenvalue weighted by atomic mass is 35.6. The first-order chi connectivity index (χ1) is 26.1. The molecule has 0 aromatic heterocycles. The summed E-state index contributed by atoms with van der Waals surface area (Å²) >= 11 is 22.0. The van der Waals surface area contributed by atoms with Crippen molar-refractivity contribution in [3.05, 3.63) is 52.1 Å². The minimum Gasteiger partial charge on any atom is -0.507 e. The van der Waals surface area contributed by atoms with Crippen LogP contribution in [0, 0.1) is 25.2 Å². The van der Waals surface area contributed by atoms with Crippen molar-refractivity contribution in [2.45, 2.75) is 66.4 Å². The summed E-state index contributed by atoms with van der Waals surface area (Å²) in [4.78, 5) is 42.7. The van der Waals surface area contributed by atoms with Gasteiger partial charge in [-0.05, 0) is 31.4 Å². The number of esters is 1. The molecule has 4 N–H and O–H groups in total. The van der Waals surface area contributed by atoms with E-state index in [0.717, 1.165) is 0 Å². The van der Waals surface area contributed by atoms with Crippen molar-refractivity contribution < 1.29 is 58.1 Å². The van der Waals surface area contributed by atoms with Crippen LogP contribution in [0.3, 0.4) is 0 Å². The number of ether oxygens (including phenoxy) is 6. The molecule has 6 rings (SSSR count). The van der Waals surface area contributed by atoms with Gasteiger partial charge in [-0.2, -0.15) is 17.9 Å². The number of hydrogen-bond acceptors (Lipinski definition) is 15. The van der Waals surface area contributed by atoms with Crippen LogP contribution in [0.4, 0.5) is 9.59 Å². The summed E-state index contributed by atoms with van der Waals surface area (Å²) in [6, 6.07) is -3.40. The zero-order valence-corrected chi connectivity index (χ0v) is 32.7. The maximum absolute atomic E-state index is 14.1. The van der Waals surface area contributed by atoms with Crippen LogP contribution in [0.5, 0.6) is 28.7 Å². The number of fused-ring (bicyclic) bond motifs is 9. The number of aryl methyl sites for hydroxylation is 1. The first kappa shape index (κ1) is 40.5. The van der Waals surface area contributed by atoms with E-state index in [4.69, 9.17) is 63.2 Å². The SMILES string of the molecule is C=CCOC(=O)N[C@@H](CS)C(=O)OC[C@H]1c2c3c(c(C)c(O)c2C(O)[C@H]2[C@H]4c5c(cc(C)c(OC)c5O)C[C@H]([C@H](C#N)N12)N4C(=O)OCC(Cl)(Cl)Cl)OCO3. The molecule has 0 spiro atoms. The Hall–Kier alpha value is -4.18. The van der Waals surface area contributed by atoms with Gasteiger partial charge in [0.2, 0.25) is 10.6 Å². The Kier molecular flexibility index (Phi) is 11.6. The number of alkyl carbamates (subject to hydrolysis) is 1. The molecule has 7 atom stereocenters. The number of thiol groups is 1. The lowest BCUT2D eigenvalue weighted by molar-refractivity contribution is -0.155. The minimum absolute atomic E-state index is 0.000659. The first-order valence-corrected chi connectivity index (χ1v) is 18.6. The lowest BCUT2D eigenvalue weighted by Gasteiger charge is -2.60. The third-order valence-corrected chi connectivity index (χ3v) is 10.8. The Bertz CT molecular complexity index is 1960. The molecule has 0 radical (unpaired) electrons. The maximum atomic E-state index is 14.1. The highest BCUT2D eigenvalue weighted by molar-refractivity contribution is 7.80. The minimum atomic E-state index is -2.01. The second-order valence-corrected chi connectivity index (χ2v) is 16.1. The van der Waals surface area contributed by atoms with Crippen LogP contribution in [-0.4, -0.2) is 111 Å². The van der Waals surface area contributed by atoms with Crippen molar-refractivity contribution in [1.82, 2.24) is 15.1 Å². The average Bonchev–Trinajstić information content (AvgIpc) is 3.63. The van der Waals surface area contributed by atoms with Crippen LogP contribution in [0.2, 0.25) is 0 Å². The number of hydrogen-bond donors (Lipinski definition) is 5. The number of nitrogens with zero attached hydrogens (tertiary/aromatic N) is 3. The number of phenolic OH excluding ortho intramolecular Hbond substituents is 2. The molecule has 55 heavy (non-hydrogen) atoms. The van der Waals surface area contributed by atoms with Crippen molar-refractivity contribution in [3.8, 4) is 34.8 Å². The number of carbonyl (C=O) groups is 3. The zero-order chi connectivity index (χ0) is 40.1. The van der Waals surface area contributed by atoms with Gasteiger partial charge in [-0.25, -0.2) is 14.4 Å². The van der Waals surface area contributed by atoms with Gasteiger partial charge < -0.3 is 49.1 Å². The predicted octanol–water partition coefficient (Wildman–Crippen LogP) is 4.35. The molecule has 2 amide bonds. The molecule has 1 saturated heterocycles. The molecule has 4 aliphatic rings. The molecular weight excluding hydrogens is 807 g/mol. The molecular formula is C35H37Cl3N4O12S. The number of halogens is 3. The van der Waals surface area contributed by atoms with Gasteiger partial charge in [0.05, 0.1) is 37.3 Å². The monoisotopic (exact) mass is 842 g/mol. The first-order valence-electron chi connectivity index (χ1n) is 16.8. The Balaban J connectivity index is 1.54. The number of aliphatic hydroxyl groups is 1. The number of alkyl halides is 3. The van der Waals surface area contributed by atoms with Crippen molar-refractivity contribution >= 4 is 65.6 Å². The van der Waals surface area contributed by atoms with Gasteiger partial charge in [0.25, 0.3) is 0 Å². The van der Waals surface area contributed by atoms with Crippen molar-refractivity contribution in [1.29, 1.82) is 5.26 Å². The van der Waals surface area contributed by atoms with Gasteiger partial charge >= 0.3 is 18.2 Å². The smallest absolute Gasteiger partial charge is 0.410 e. The van der Waals surface area contributed by atoms with Crippen LogP contribution in [0.25, 0.3) is 0 Å². The van der Waals surface area contributed by atoms with Crippen LogP contribution in [-0.2, 0) is 25.4 Å². The number of phenols is 2. The van der Waals surface area contributed by atoms with Gasteiger partial charge in [0.1, 0.15) is 43.8 Å². The number of aliphatic hydroxyl groups excluding tert-OH is 1. The lowest BCUT2D eigenvalue weighted by Crippen LogP contribution is -2.71. The summed E-state index contributed by atoms with van der Waals surface area (Å²) in [6.45, 7) is 5.17. The van der Waals surface area contributed by atoms with Gasteiger partial charge in [0.15, 0.2) is 23.0 Å². The van der Waals surface area contributed by atoms with Crippen LogP contribution < -0.4 is 19.5 Å². The number of benzene rings is 2. The fourth-order valence-corrected chi connectivity index (χ4v) is 8.39. The molecule has 2 aromatic rings. The van der Waals surface area contributed by atoms with Crippen LogP contribution >= 0.6 is 47.4 Å². The quantitative estimate of drug-likeness (QED) is 0.0783. The fraction of sp³-hybridized carbons (Fsp3) is 0.486. The molecule has 4 aliphatic heterocycles. The Labute approximate surface area is 335 Å². The van der Waals surface area contributed by atoms with E-state index in [0.29, 0.717) is 11.1 Å². The summed E-state index contributed by atoms with van der Waals surface area (Å²) in [5.74, 6) is -1.44. The van der Waals surface area contributed by atoms with Gasteiger partial charge in [-0.3, -0.25) is 9.80 Å². The van der Waals surface area contributed by atoms with Gasteiger partial charge in [-0.15, -0.1) is 0 Å². The highest BCUT2D eigenvalue weighted by Gasteiger charge is 2.62. The standard InChI is InChI=1S/C35H37Cl3N4O12S/c1-5-6-50-33(47)40-17(11-55)32(46)51-10-20-22-23(26(43)15(3)30-31(22)54-13-53-30)27(44)25-24-21-16(7-14(2)29(49-4)28(21)45)8-18(19(9-39)41(20)25)42(24)34(48)52-12-35(36,37)38/h5,7,17-20,24-25,27,43-45,55H,1,6,8,10-13H2,2-4H3,(H,40,47)/t17-,18+,19-,20-,24+,25+,27?/m0/s1. The topological polar surface area (TPSA) is 210 Å². The third-order valence-electron chi connectivity index (χ3n) is 10.1. The summed E-state index contributed by atoms with van der Waals surface area (Å²) in [7, 11) is 1.36. The molecule has 2 bridgehead atoms. The number of rotatable bonds is 9. The molecule has 0 aliphatic carbocycles. The summed E-state index contributed by atoms with van der Waals surface area (Å²) < 4.78 is 31.3. The Morgan fingerprint density at radius 1 is 1.15 bits per heavy atom. The molecule has 0 saturated carbocycles. The van der Waals surface area contributed by atoms with Crippen LogP contribution in [0.1, 0.15) is 51.6 Å². The van der Waals surface area contributed by atoms with E-state index in [9.17, 15) is 35.0 Å². The summed E-state index contributed by atoms with van der Waals surface area (Å²) in [6.07, 6.45) is -2.31. The van der Waals surface area contributed by atoms with Crippen molar-refractivity contribution in [3.63, 3.8) is 0 Å². The molecule has 2 aromatic carbocycles. The van der Waals surface area contributed by atoms with Gasteiger partial charge in [-0.1, -0.05) is 53.5 Å². The largest absolute Gasteiger partial charge is 0.507 e. The third kappa shape index (κ3) is 7.08. The number of nitrogens with one attached hydrogen (secondary N) is 1. The second kappa shape index (κ2) is 15.8. The number of nitriles is 1. The Morgan fingerprint density at radius 2 is 1.85 bits per heavy atom. The average molecular weight is 844 g/mol. The van der Waals surface area contributed by atoms with E-state index < -0.39 is 77.5 Å². The molecule has 1 fully saturated rings. The van der Waals surface area contributed by atoms with E-state index in [1.807, 2.05) is 0 Å². The van der Waals surface area contributed by atoms with E-state index in [-0.39, 0.29) is 76.6 Å². The number of aromatic hydroxyl groups is 2. The maximum Gasteiger partial charge on any atom is 0.410 e. The van der Waals surface area contributed by atoms with E-state index >= 15 is 0 Å². The second-order valence-electron chi connectivity index (χ2n) is 13.2. The van der Waals surface area contributed by atoms with E-state index in [2.05, 4.69) is 30.6 Å². The van der Waals surface area contributed by atoms with Crippen molar-refractivity contribution in [2.75, 3.05) is 39.5 Å². The van der Waals surface area contributed by atoms with Gasteiger partial charge in [0, 0.05) is 28.0 Å². The molecule has 4 heterocycles.